The van der Waals surface area contributed by atoms with Crippen LogP contribution in [-0.4, -0.2) is 30.7 Å². The van der Waals surface area contributed by atoms with Crippen molar-refractivity contribution in [2.75, 3.05) is 24.5 Å². The number of rotatable bonds is 2. The number of aromatic nitrogens is 1. The maximum absolute atomic E-state index is 4.36. The number of hydrogen-bond acceptors (Lipinski definition) is 3. The Balaban J connectivity index is 2.02. The Hall–Kier alpha value is -1.09. The lowest BCUT2D eigenvalue weighted by Gasteiger charge is -2.22. The number of aryl methyl sites for hydroxylation is 1. The highest BCUT2D eigenvalue weighted by atomic mass is 15.2. The fraction of sp³-hybridized carbons (Fsp3) is 0.615. The van der Waals surface area contributed by atoms with Crippen LogP contribution in [0.2, 0.25) is 0 Å². The van der Waals surface area contributed by atoms with Crippen molar-refractivity contribution in [1.29, 1.82) is 0 Å². The summed E-state index contributed by atoms with van der Waals surface area (Å²) in [5, 5.41) is 3.58. The highest BCUT2D eigenvalue weighted by Gasteiger charge is 2.15. The van der Waals surface area contributed by atoms with Crippen molar-refractivity contribution in [2.24, 2.45) is 0 Å². The third-order valence-corrected chi connectivity index (χ3v) is 3.32. The molecule has 16 heavy (non-hydrogen) atoms. The molecule has 2 heterocycles. The predicted molar refractivity (Wildman–Crippen MR) is 67.9 cm³/mol. The maximum Gasteiger partial charge on any atom is 0.0553 e. The van der Waals surface area contributed by atoms with Crippen LogP contribution in [0.3, 0.4) is 0 Å². The van der Waals surface area contributed by atoms with E-state index in [0.717, 1.165) is 25.3 Å². The summed E-state index contributed by atoms with van der Waals surface area (Å²) in [5.74, 6) is 0. The Kier molecular flexibility index (Phi) is 3.78. The molecule has 1 aliphatic heterocycles. The smallest absolute Gasteiger partial charge is 0.0553 e. The molecule has 1 aromatic rings. The van der Waals surface area contributed by atoms with E-state index in [-0.39, 0.29) is 0 Å². The van der Waals surface area contributed by atoms with Crippen LogP contribution in [0, 0.1) is 6.92 Å². The first-order chi connectivity index (χ1) is 7.79. The van der Waals surface area contributed by atoms with Gasteiger partial charge in [-0.2, -0.15) is 0 Å². The second-order valence-electron chi connectivity index (χ2n) is 4.49. The molecule has 1 unspecified atom stereocenters. The molecule has 1 fully saturated rings. The van der Waals surface area contributed by atoms with Gasteiger partial charge in [0.1, 0.15) is 0 Å². The van der Waals surface area contributed by atoms with Crippen molar-refractivity contribution in [2.45, 2.75) is 32.7 Å². The Morgan fingerprint density at radius 1 is 1.44 bits per heavy atom. The van der Waals surface area contributed by atoms with Crippen molar-refractivity contribution >= 4 is 5.69 Å². The van der Waals surface area contributed by atoms with Crippen LogP contribution in [0.1, 0.15) is 25.5 Å². The lowest BCUT2D eigenvalue weighted by Crippen LogP contribution is -2.30. The zero-order valence-electron chi connectivity index (χ0n) is 10.2. The molecule has 0 amide bonds. The quantitative estimate of drug-likeness (QED) is 0.824. The van der Waals surface area contributed by atoms with Crippen LogP contribution in [0.25, 0.3) is 0 Å². The van der Waals surface area contributed by atoms with Gasteiger partial charge in [0.05, 0.1) is 11.9 Å². The molecule has 3 nitrogen and oxygen atoms in total. The van der Waals surface area contributed by atoms with E-state index in [1.807, 2.05) is 13.1 Å². The Labute approximate surface area is 97.9 Å². The second-order valence-corrected chi connectivity index (χ2v) is 4.49. The van der Waals surface area contributed by atoms with Crippen LogP contribution >= 0.6 is 0 Å². The molecule has 1 N–H and O–H groups in total. The Morgan fingerprint density at radius 2 is 2.31 bits per heavy atom. The molecule has 0 aromatic carbocycles. The first kappa shape index (κ1) is 11.4. The summed E-state index contributed by atoms with van der Waals surface area (Å²) in [7, 11) is 0. The average molecular weight is 219 g/mol. The normalized spacial score (nSPS) is 21.9. The summed E-state index contributed by atoms with van der Waals surface area (Å²) >= 11 is 0. The van der Waals surface area contributed by atoms with Crippen molar-refractivity contribution in [3.63, 3.8) is 0 Å². The van der Waals surface area contributed by atoms with Gasteiger partial charge >= 0.3 is 0 Å². The van der Waals surface area contributed by atoms with E-state index in [0.29, 0.717) is 6.04 Å². The van der Waals surface area contributed by atoms with Crippen LogP contribution in [-0.2, 0) is 0 Å². The number of nitrogens with one attached hydrogen (secondary N) is 1. The van der Waals surface area contributed by atoms with Crippen LogP contribution in [0.4, 0.5) is 5.69 Å². The Bertz CT molecular complexity index is 320. The van der Waals surface area contributed by atoms with Crippen LogP contribution in [0.15, 0.2) is 18.3 Å². The summed E-state index contributed by atoms with van der Waals surface area (Å²) in [6, 6.07) is 4.95. The summed E-state index contributed by atoms with van der Waals surface area (Å²) < 4.78 is 0. The molecule has 0 bridgehead atoms. The molecule has 1 aromatic heterocycles. The fourth-order valence-electron chi connectivity index (χ4n) is 2.18. The molecule has 1 saturated heterocycles. The molecular formula is C13H21N3. The number of pyridine rings is 1. The second kappa shape index (κ2) is 5.30. The summed E-state index contributed by atoms with van der Waals surface area (Å²) in [6.07, 6.45) is 4.44. The zero-order chi connectivity index (χ0) is 11.4. The van der Waals surface area contributed by atoms with Gasteiger partial charge in [-0.25, -0.2) is 0 Å². The van der Waals surface area contributed by atoms with Crippen molar-refractivity contribution < 1.29 is 0 Å². The van der Waals surface area contributed by atoms with E-state index in [4.69, 9.17) is 0 Å². The molecule has 0 radical (unpaired) electrons. The molecule has 1 atom stereocenters. The van der Waals surface area contributed by atoms with E-state index in [1.165, 1.54) is 18.5 Å². The lowest BCUT2D eigenvalue weighted by molar-refractivity contribution is 0.510. The molecule has 0 saturated carbocycles. The first-order valence-corrected chi connectivity index (χ1v) is 6.20. The highest BCUT2D eigenvalue weighted by molar-refractivity contribution is 5.44. The lowest BCUT2D eigenvalue weighted by atomic mass is 10.1. The van der Waals surface area contributed by atoms with Crippen molar-refractivity contribution in [3.8, 4) is 0 Å². The zero-order valence-corrected chi connectivity index (χ0v) is 10.2. The topological polar surface area (TPSA) is 28.2 Å². The van der Waals surface area contributed by atoms with E-state index in [9.17, 15) is 0 Å². The van der Waals surface area contributed by atoms with E-state index >= 15 is 0 Å². The molecule has 3 heteroatoms. The minimum absolute atomic E-state index is 0.684. The van der Waals surface area contributed by atoms with Crippen LogP contribution in [0.5, 0.6) is 0 Å². The van der Waals surface area contributed by atoms with Gasteiger partial charge in [0, 0.05) is 31.4 Å². The maximum atomic E-state index is 4.36. The van der Waals surface area contributed by atoms with Crippen LogP contribution < -0.4 is 10.2 Å². The largest absolute Gasteiger partial charge is 0.369 e. The SMILES string of the molecule is CCC1CCN(c2ccc(C)nc2)CCN1. The molecule has 2 rings (SSSR count). The molecule has 0 aliphatic carbocycles. The number of hydrogen-bond donors (Lipinski definition) is 1. The van der Waals surface area contributed by atoms with Gasteiger partial charge in [0.15, 0.2) is 0 Å². The van der Waals surface area contributed by atoms with Gasteiger partial charge in [-0.05, 0) is 31.9 Å². The van der Waals surface area contributed by atoms with E-state index in [1.54, 1.807) is 0 Å². The highest BCUT2D eigenvalue weighted by Crippen LogP contribution is 2.15. The Morgan fingerprint density at radius 3 is 3.00 bits per heavy atom. The first-order valence-electron chi connectivity index (χ1n) is 6.20. The van der Waals surface area contributed by atoms with Crippen molar-refractivity contribution in [1.82, 2.24) is 10.3 Å². The van der Waals surface area contributed by atoms with Gasteiger partial charge in [-0.1, -0.05) is 6.92 Å². The summed E-state index contributed by atoms with van der Waals surface area (Å²) in [5.41, 5.74) is 2.34. The fourth-order valence-corrected chi connectivity index (χ4v) is 2.18. The average Bonchev–Trinajstić information content (AvgIpc) is 2.55. The van der Waals surface area contributed by atoms with E-state index in [2.05, 4.69) is 34.3 Å². The van der Waals surface area contributed by atoms with E-state index < -0.39 is 0 Å². The number of nitrogens with zero attached hydrogens (tertiary/aromatic N) is 2. The summed E-state index contributed by atoms with van der Waals surface area (Å²) in [6.45, 7) is 7.57. The molecule has 88 valence electrons. The minimum Gasteiger partial charge on any atom is -0.369 e. The van der Waals surface area contributed by atoms with Gasteiger partial charge in [-0.15, -0.1) is 0 Å². The predicted octanol–water partition coefficient (Wildman–Crippen LogP) is 1.97. The molecular weight excluding hydrogens is 198 g/mol. The molecule has 0 spiro atoms. The minimum atomic E-state index is 0.684. The van der Waals surface area contributed by atoms with Crippen molar-refractivity contribution in [3.05, 3.63) is 24.0 Å². The summed E-state index contributed by atoms with van der Waals surface area (Å²) in [4.78, 5) is 6.79. The standard InChI is InChI=1S/C13H21N3/c1-3-12-6-8-16(9-7-14-12)13-5-4-11(2)15-10-13/h4-5,10,12,14H,3,6-9H2,1-2H3. The third kappa shape index (κ3) is 2.73. The monoisotopic (exact) mass is 219 g/mol. The van der Waals surface area contributed by atoms with Gasteiger partial charge in [0.2, 0.25) is 0 Å². The van der Waals surface area contributed by atoms with Gasteiger partial charge < -0.3 is 10.2 Å². The van der Waals surface area contributed by atoms with Gasteiger partial charge in [0.25, 0.3) is 0 Å². The third-order valence-electron chi connectivity index (χ3n) is 3.32. The molecule has 1 aliphatic rings. The number of anilines is 1. The van der Waals surface area contributed by atoms with Gasteiger partial charge in [-0.3, -0.25) is 4.98 Å².